The first-order valence-electron chi connectivity index (χ1n) is 15.0. The number of halogens is 1. The van der Waals surface area contributed by atoms with Crippen molar-refractivity contribution in [3.63, 3.8) is 0 Å². The molecule has 4 aromatic rings. The number of pyridine rings is 1. The van der Waals surface area contributed by atoms with E-state index in [1.54, 1.807) is 42.6 Å². The standard InChI is InChI=1S/C36H36ClN5O3/c37-29-17-14-26(15-18-29)16-19-34(43)39-24-30-20-22-42(25-31(27-9-3-1-4-10-27)28-11-5-2-6-12-28)36(45)32(40-30)23-35(44)41-33-13-7-8-21-38-33/h1-19,21,30-32,40H,20,22-25H2,(H,39,43)(H,38,41,44)/b19-16+/t30-,32-/m0/s1. The Kier molecular flexibility index (Phi) is 11.1. The van der Waals surface area contributed by atoms with Crippen LogP contribution in [0.1, 0.15) is 35.4 Å². The fraction of sp³-hybridized carbons (Fsp3) is 0.222. The van der Waals surface area contributed by atoms with Gasteiger partial charge in [0.05, 0.1) is 12.5 Å². The zero-order chi connectivity index (χ0) is 31.4. The minimum Gasteiger partial charge on any atom is -0.351 e. The lowest BCUT2D eigenvalue weighted by molar-refractivity contribution is -0.134. The van der Waals surface area contributed by atoms with Crippen LogP contribution in [0.4, 0.5) is 5.82 Å². The van der Waals surface area contributed by atoms with Gasteiger partial charge < -0.3 is 20.9 Å². The predicted octanol–water partition coefficient (Wildman–Crippen LogP) is 5.28. The lowest BCUT2D eigenvalue weighted by Crippen LogP contribution is -2.50. The van der Waals surface area contributed by atoms with Crippen LogP contribution >= 0.6 is 11.6 Å². The molecule has 1 fully saturated rings. The van der Waals surface area contributed by atoms with Gasteiger partial charge in [-0.05, 0) is 53.5 Å². The molecule has 0 aliphatic carbocycles. The molecule has 5 rings (SSSR count). The van der Waals surface area contributed by atoms with Crippen LogP contribution in [0.3, 0.4) is 0 Å². The summed E-state index contributed by atoms with van der Waals surface area (Å²) in [6.45, 7) is 1.22. The third kappa shape index (κ3) is 9.35. The molecule has 45 heavy (non-hydrogen) atoms. The Morgan fingerprint density at radius 1 is 0.933 bits per heavy atom. The third-order valence-corrected chi connectivity index (χ3v) is 7.99. The number of benzene rings is 3. The molecule has 0 radical (unpaired) electrons. The van der Waals surface area contributed by atoms with E-state index in [0.29, 0.717) is 36.9 Å². The molecular weight excluding hydrogens is 586 g/mol. The van der Waals surface area contributed by atoms with Crippen molar-refractivity contribution < 1.29 is 14.4 Å². The largest absolute Gasteiger partial charge is 0.351 e. The van der Waals surface area contributed by atoms with E-state index in [1.807, 2.05) is 53.4 Å². The minimum atomic E-state index is -0.782. The Labute approximate surface area is 268 Å². The second kappa shape index (κ2) is 15.8. The van der Waals surface area contributed by atoms with E-state index >= 15 is 0 Å². The van der Waals surface area contributed by atoms with Gasteiger partial charge in [-0.25, -0.2) is 4.98 Å². The van der Waals surface area contributed by atoms with Crippen LogP contribution in [-0.4, -0.2) is 59.3 Å². The summed E-state index contributed by atoms with van der Waals surface area (Å²) in [6.07, 6.45) is 5.31. The van der Waals surface area contributed by atoms with Gasteiger partial charge in [0.1, 0.15) is 5.82 Å². The Bertz CT molecular complexity index is 1540. The Morgan fingerprint density at radius 3 is 2.24 bits per heavy atom. The summed E-state index contributed by atoms with van der Waals surface area (Å²) in [5.74, 6) is -0.354. The molecule has 9 heteroatoms. The molecule has 1 saturated heterocycles. The summed E-state index contributed by atoms with van der Waals surface area (Å²) >= 11 is 5.95. The smallest absolute Gasteiger partial charge is 0.244 e. The number of carbonyl (C=O) groups excluding carboxylic acids is 3. The van der Waals surface area contributed by atoms with Crippen LogP contribution in [0.25, 0.3) is 6.08 Å². The average Bonchev–Trinajstić information content (AvgIpc) is 3.21. The number of aromatic nitrogens is 1. The molecule has 0 bridgehead atoms. The number of carbonyl (C=O) groups is 3. The number of amides is 3. The highest BCUT2D eigenvalue weighted by molar-refractivity contribution is 6.30. The van der Waals surface area contributed by atoms with Gasteiger partial charge in [0, 0.05) is 48.9 Å². The second-order valence-corrected chi connectivity index (χ2v) is 11.4. The van der Waals surface area contributed by atoms with Crippen LogP contribution < -0.4 is 16.0 Å². The van der Waals surface area contributed by atoms with Crippen molar-refractivity contribution in [3.05, 3.63) is 137 Å². The summed E-state index contributed by atoms with van der Waals surface area (Å²) in [5, 5.41) is 9.73. The van der Waals surface area contributed by atoms with Crippen molar-refractivity contribution in [3.8, 4) is 0 Å². The summed E-state index contributed by atoms with van der Waals surface area (Å²) in [6, 6.07) is 31.7. The number of nitrogens with one attached hydrogen (secondary N) is 3. The highest BCUT2D eigenvalue weighted by Crippen LogP contribution is 2.27. The Balaban J connectivity index is 1.31. The quantitative estimate of drug-likeness (QED) is 0.198. The predicted molar refractivity (Wildman–Crippen MR) is 178 cm³/mol. The van der Waals surface area contributed by atoms with E-state index in [1.165, 1.54) is 6.08 Å². The minimum absolute atomic E-state index is 0.0476. The van der Waals surface area contributed by atoms with Gasteiger partial charge in [-0.3, -0.25) is 14.4 Å². The molecule has 1 aliphatic heterocycles. The topological polar surface area (TPSA) is 103 Å². The molecule has 0 unspecified atom stereocenters. The molecule has 1 aromatic heterocycles. The molecule has 2 heterocycles. The molecule has 230 valence electrons. The molecular formula is C36H36ClN5O3. The van der Waals surface area contributed by atoms with Gasteiger partial charge in [-0.2, -0.15) is 0 Å². The molecule has 2 atom stereocenters. The van der Waals surface area contributed by atoms with Crippen molar-refractivity contribution in [2.24, 2.45) is 0 Å². The van der Waals surface area contributed by atoms with Crippen LogP contribution in [0.5, 0.6) is 0 Å². The maximum Gasteiger partial charge on any atom is 0.244 e. The lowest BCUT2D eigenvalue weighted by atomic mass is 9.90. The summed E-state index contributed by atoms with van der Waals surface area (Å²) in [4.78, 5) is 45.8. The molecule has 1 aliphatic rings. The lowest BCUT2D eigenvalue weighted by Gasteiger charge is -2.29. The maximum atomic E-state index is 14.1. The number of hydrogen-bond acceptors (Lipinski definition) is 5. The van der Waals surface area contributed by atoms with E-state index in [0.717, 1.165) is 16.7 Å². The fourth-order valence-electron chi connectivity index (χ4n) is 5.41. The molecule has 0 spiro atoms. The van der Waals surface area contributed by atoms with E-state index in [4.69, 9.17) is 11.6 Å². The molecule has 3 aromatic carbocycles. The zero-order valence-corrected chi connectivity index (χ0v) is 25.6. The van der Waals surface area contributed by atoms with E-state index in [-0.39, 0.29) is 36.1 Å². The number of rotatable bonds is 11. The first-order chi connectivity index (χ1) is 21.9. The molecule has 3 N–H and O–H groups in total. The first kappa shape index (κ1) is 31.6. The van der Waals surface area contributed by atoms with Crippen LogP contribution in [-0.2, 0) is 14.4 Å². The number of nitrogens with zero attached hydrogens (tertiary/aromatic N) is 2. The van der Waals surface area contributed by atoms with Crippen LogP contribution in [0.15, 0.2) is 115 Å². The Hall–Kier alpha value is -4.79. The zero-order valence-electron chi connectivity index (χ0n) is 24.8. The summed E-state index contributed by atoms with van der Waals surface area (Å²) < 4.78 is 0. The Morgan fingerprint density at radius 2 is 1.60 bits per heavy atom. The summed E-state index contributed by atoms with van der Waals surface area (Å²) in [7, 11) is 0. The highest BCUT2D eigenvalue weighted by atomic mass is 35.5. The van der Waals surface area contributed by atoms with Gasteiger partial charge in [-0.1, -0.05) is 90.5 Å². The number of hydrogen-bond donors (Lipinski definition) is 3. The summed E-state index contributed by atoms with van der Waals surface area (Å²) in [5.41, 5.74) is 3.07. The molecule has 0 saturated carbocycles. The maximum absolute atomic E-state index is 14.1. The fourth-order valence-corrected chi connectivity index (χ4v) is 5.53. The van der Waals surface area contributed by atoms with E-state index < -0.39 is 6.04 Å². The second-order valence-electron chi connectivity index (χ2n) is 11.0. The SMILES string of the molecule is O=C(/C=C/c1ccc(Cl)cc1)NC[C@@H]1CCN(CC(c2ccccc2)c2ccccc2)C(=O)[C@H](CC(=O)Nc2ccccn2)N1. The highest BCUT2D eigenvalue weighted by Gasteiger charge is 2.34. The van der Waals surface area contributed by atoms with Gasteiger partial charge in [0.25, 0.3) is 0 Å². The number of anilines is 1. The van der Waals surface area contributed by atoms with Crippen LogP contribution in [0.2, 0.25) is 5.02 Å². The van der Waals surface area contributed by atoms with E-state index in [9.17, 15) is 14.4 Å². The van der Waals surface area contributed by atoms with Crippen molar-refractivity contribution in [1.82, 2.24) is 20.5 Å². The van der Waals surface area contributed by atoms with Gasteiger partial charge in [0.15, 0.2) is 0 Å². The van der Waals surface area contributed by atoms with Gasteiger partial charge in [0.2, 0.25) is 17.7 Å². The van der Waals surface area contributed by atoms with Gasteiger partial charge in [-0.15, -0.1) is 0 Å². The van der Waals surface area contributed by atoms with Crippen molar-refractivity contribution >= 4 is 41.2 Å². The normalized spacial score (nSPS) is 16.8. The first-order valence-corrected chi connectivity index (χ1v) is 15.4. The molecule has 3 amide bonds. The van der Waals surface area contributed by atoms with Crippen molar-refractivity contribution in [2.75, 3.05) is 25.0 Å². The van der Waals surface area contributed by atoms with Crippen molar-refractivity contribution in [1.29, 1.82) is 0 Å². The van der Waals surface area contributed by atoms with E-state index in [2.05, 4.69) is 45.2 Å². The average molecular weight is 622 g/mol. The monoisotopic (exact) mass is 621 g/mol. The van der Waals surface area contributed by atoms with Crippen molar-refractivity contribution in [2.45, 2.75) is 30.8 Å². The molecule has 8 nitrogen and oxygen atoms in total. The van der Waals surface area contributed by atoms with Crippen LogP contribution in [0, 0.1) is 0 Å². The third-order valence-electron chi connectivity index (χ3n) is 7.74. The van der Waals surface area contributed by atoms with Gasteiger partial charge >= 0.3 is 0 Å².